The fourth-order valence-electron chi connectivity index (χ4n) is 1.73. The van der Waals surface area contributed by atoms with Crippen LogP contribution in [0.25, 0.3) is 0 Å². The van der Waals surface area contributed by atoms with Gasteiger partial charge in [0, 0.05) is 24.1 Å². The molecule has 0 saturated heterocycles. The minimum Gasteiger partial charge on any atom is -0.497 e. The van der Waals surface area contributed by atoms with Gasteiger partial charge in [-0.2, -0.15) is 0 Å². The molecule has 1 fully saturated rings. The van der Waals surface area contributed by atoms with Crippen LogP contribution in [0.2, 0.25) is 0 Å². The smallest absolute Gasteiger partial charge is 0.123 e. The Morgan fingerprint density at radius 3 is 2.67 bits per heavy atom. The number of rotatable bonds is 7. The van der Waals surface area contributed by atoms with Crippen LogP contribution in [0, 0.1) is 5.41 Å². The van der Waals surface area contributed by atoms with Crippen LogP contribution in [0.5, 0.6) is 11.5 Å². The standard InChI is InChI=1S/C15H23NO2/c1-15(2,10-16-12-7-8-12)11-18-14-6-4-5-13(9-14)17-3/h4-6,9,12,16H,7-8,10-11H2,1-3H3. The Balaban J connectivity index is 1.80. The minimum atomic E-state index is 0.145. The average molecular weight is 249 g/mol. The third-order valence-corrected chi connectivity index (χ3v) is 3.12. The summed E-state index contributed by atoms with van der Waals surface area (Å²) in [7, 11) is 1.67. The van der Waals surface area contributed by atoms with Crippen molar-refractivity contribution in [3.05, 3.63) is 24.3 Å². The number of methoxy groups -OCH3 is 1. The lowest BCUT2D eigenvalue weighted by atomic mass is 9.95. The third-order valence-electron chi connectivity index (χ3n) is 3.12. The van der Waals surface area contributed by atoms with Gasteiger partial charge in [0.2, 0.25) is 0 Å². The molecule has 1 aromatic rings. The molecule has 0 heterocycles. The molecule has 0 spiro atoms. The minimum absolute atomic E-state index is 0.145. The van der Waals surface area contributed by atoms with Crippen molar-refractivity contribution in [3.8, 4) is 11.5 Å². The lowest BCUT2D eigenvalue weighted by Gasteiger charge is -2.25. The van der Waals surface area contributed by atoms with Crippen LogP contribution in [-0.2, 0) is 0 Å². The molecule has 1 N–H and O–H groups in total. The number of hydrogen-bond acceptors (Lipinski definition) is 3. The predicted molar refractivity (Wildman–Crippen MR) is 73.3 cm³/mol. The van der Waals surface area contributed by atoms with E-state index in [4.69, 9.17) is 9.47 Å². The Morgan fingerprint density at radius 1 is 1.28 bits per heavy atom. The summed E-state index contributed by atoms with van der Waals surface area (Å²) in [6.07, 6.45) is 2.65. The van der Waals surface area contributed by atoms with Gasteiger partial charge in [-0.1, -0.05) is 19.9 Å². The van der Waals surface area contributed by atoms with Gasteiger partial charge >= 0.3 is 0 Å². The second kappa shape index (κ2) is 5.61. The lowest BCUT2D eigenvalue weighted by Crippen LogP contribution is -2.35. The van der Waals surface area contributed by atoms with Crippen LogP contribution in [0.3, 0.4) is 0 Å². The first kappa shape index (κ1) is 13.2. The third kappa shape index (κ3) is 4.22. The van der Waals surface area contributed by atoms with Crippen molar-refractivity contribution in [1.82, 2.24) is 5.32 Å². The van der Waals surface area contributed by atoms with E-state index in [1.807, 2.05) is 24.3 Å². The van der Waals surface area contributed by atoms with Crippen LogP contribution in [-0.4, -0.2) is 26.3 Å². The van der Waals surface area contributed by atoms with Crippen LogP contribution in [0.4, 0.5) is 0 Å². The molecule has 1 aromatic carbocycles. The molecule has 18 heavy (non-hydrogen) atoms. The molecule has 1 saturated carbocycles. The number of ether oxygens (including phenoxy) is 2. The summed E-state index contributed by atoms with van der Waals surface area (Å²) in [5.41, 5.74) is 0.145. The van der Waals surface area contributed by atoms with Gasteiger partial charge in [0.05, 0.1) is 13.7 Å². The Bertz CT molecular complexity index is 386. The highest BCUT2D eigenvalue weighted by Gasteiger charge is 2.25. The number of hydrogen-bond donors (Lipinski definition) is 1. The van der Waals surface area contributed by atoms with Crippen LogP contribution in [0.15, 0.2) is 24.3 Å². The summed E-state index contributed by atoms with van der Waals surface area (Å²) < 4.78 is 11.0. The summed E-state index contributed by atoms with van der Waals surface area (Å²) in [4.78, 5) is 0. The Labute approximate surface area is 109 Å². The van der Waals surface area contributed by atoms with E-state index in [2.05, 4.69) is 19.2 Å². The highest BCUT2D eigenvalue weighted by molar-refractivity contribution is 5.32. The summed E-state index contributed by atoms with van der Waals surface area (Å²) in [6, 6.07) is 8.51. The predicted octanol–water partition coefficient (Wildman–Crippen LogP) is 2.85. The topological polar surface area (TPSA) is 30.5 Å². The van der Waals surface area contributed by atoms with Gasteiger partial charge < -0.3 is 14.8 Å². The van der Waals surface area contributed by atoms with Crippen LogP contribution in [0.1, 0.15) is 26.7 Å². The Kier molecular flexibility index (Phi) is 4.12. The molecule has 100 valence electrons. The van der Waals surface area contributed by atoms with Gasteiger partial charge in [-0.25, -0.2) is 0 Å². The van der Waals surface area contributed by atoms with Crippen molar-refractivity contribution in [1.29, 1.82) is 0 Å². The summed E-state index contributed by atoms with van der Waals surface area (Å²) in [6.45, 7) is 6.16. The first-order chi connectivity index (χ1) is 8.59. The molecule has 0 bridgehead atoms. The van der Waals surface area contributed by atoms with E-state index in [-0.39, 0.29) is 5.41 Å². The van der Waals surface area contributed by atoms with Gasteiger partial charge in [-0.05, 0) is 25.0 Å². The molecular formula is C15H23NO2. The molecule has 0 aliphatic heterocycles. The largest absolute Gasteiger partial charge is 0.497 e. The second-order valence-corrected chi connectivity index (χ2v) is 5.79. The average Bonchev–Trinajstić information content (AvgIpc) is 3.19. The lowest BCUT2D eigenvalue weighted by molar-refractivity contribution is 0.175. The van der Waals surface area contributed by atoms with E-state index >= 15 is 0 Å². The molecule has 0 atom stereocenters. The zero-order chi connectivity index (χ0) is 13.0. The summed E-state index contributed by atoms with van der Waals surface area (Å²) in [5, 5.41) is 3.55. The maximum absolute atomic E-state index is 5.85. The Hall–Kier alpha value is -1.22. The molecule has 2 rings (SSSR count). The van der Waals surface area contributed by atoms with Crippen molar-refractivity contribution < 1.29 is 9.47 Å². The van der Waals surface area contributed by atoms with E-state index in [0.717, 1.165) is 24.1 Å². The zero-order valence-corrected chi connectivity index (χ0v) is 11.5. The van der Waals surface area contributed by atoms with Crippen LogP contribution < -0.4 is 14.8 Å². The second-order valence-electron chi connectivity index (χ2n) is 5.79. The maximum atomic E-state index is 5.85. The highest BCUT2D eigenvalue weighted by Crippen LogP contribution is 2.24. The van der Waals surface area contributed by atoms with Crippen molar-refractivity contribution in [2.45, 2.75) is 32.7 Å². The molecule has 1 aliphatic carbocycles. The number of benzene rings is 1. The maximum Gasteiger partial charge on any atom is 0.123 e. The van der Waals surface area contributed by atoms with Gasteiger partial charge in [0.25, 0.3) is 0 Å². The van der Waals surface area contributed by atoms with Crippen molar-refractivity contribution >= 4 is 0 Å². The summed E-state index contributed by atoms with van der Waals surface area (Å²) >= 11 is 0. The SMILES string of the molecule is COc1cccc(OCC(C)(C)CNC2CC2)c1. The molecule has 0 amide bonds. The van der Waals surface area contributed by atoms with Crippen molar-refractivity contribution in [2.24, 2.45) is 5.41 Å². The van der Waals surface area contributed by atoms with E-state index in [1.165, 1.54) is 12.8 Å². The van der Waals surface area contributed by atoms with E-state index < -0.39 is 0 Å². The van der Waals surface area contributed by atoms with Gasteiger partial charge in [-0.3, -0.25) is 0 Å². The molecule has 0 radical (unpaired) electrons. The first-order valence-electron chi connectivity index (χ1n) is 6.59. The molecule has 3 nitrogen and oxygen atoms in total. The van der Waals surface area contributed by atoms with E-state index in [0.29, 0.717) is 6.61 Å². The van der Waals surface area contributed by atoms with E-state index in [1.54, 1.807) is 7.11 Å². The molecule has 1 aliphatic rings. The molecule has 0 unspecified atom stereocenters. The van der Waals surface area contributed by atoms with Gasteiger partial charge in [-0.15, -0.1) is 0 Å². The first-order valence-corrected chi connectivity index (χ1v) is 6.59. The fourth-order valence-corrected chi connectivity index (χ4v) is 1.73. The molecular weight excluding hydrogens is 226 g/mol. The Morgan fingerprint density at radius 2 is 2.00 bits per heavy atom. The highest BCUT2D eigenvalue weighted by atomic mass is 16.5. The number of nitrogens with one attached hydrogen (secondary N) is 1. The van der Waals surface area contributed by atoms with Crippen molar-refractivity contribution in [2.75, 3.05) is 20.3 Å². The van der Waals surface area contributed by atoms with E-state index in [9.17, 15) is 0 Å². The quantitative estimate of drug-likeness (QED) is 0.806. The van der Waals surface area contributed by atoms with Gasteiger partial charge in [0.1, 0.15) is 11.5 Å². The fraction of sp³-hybridized carbons (Fsp3) is 0.600. The normalized spacial score (nSPS) is 15.5. The molecule has 0 aromatic heterocycles. The van der Waals surface area contributed by atoms with Gasteiger partial charge in [0.15, 0.2) is 0 Å². The summed E-state index contributed by atoms with van der Waals surface area (Å²) in [5.74, 6) is 1.70. The monoisotopic (exact) mass is 249 g/mol. The van der Waals surface area contributed by atoms with Crippen LogP contribution >= 0.6 is 0 Å². The zero-order valence-electron chi connectivity index (χ0n) is 11.5. The molecule has 3 heteroatoms. The van der Waals surface area contributed by atoms with Crippen molar-refractivity contribution in [3.63, 3.8) is 0 Å².